The number of carbonyl (C=O) groups is 1. The normalized spacial score (nSPS) is 17.0. The van der Waals surface area contributed by atoms with Crippen molar-refractivity contribution in [2.75, 3.05) is 25.0 Å². The highest BCUT2D eigenvalue weighted by molar-refractivity contribution is 7.14. The number of anilines is 2. The van der Waals surface area contributed by atoms with E-state index in [0.29, 0.717) is 35.8 Å². The van der Waals surface area contributed by atoms with Crippen molar-refractivity contribution in [2.45, 2.75) is 32.7 Å². The van der Waals surface area contributed by atoms with E-state index in [-0.39, 0.29) is 11.9 Å². The molecule has 2 aromatic heterocycles. The van der Waals surface area contributed by atoms with Crippen LogP contribution in [0.15, 0.2) is 17.6 Å². The molecular formula is C18H23N7OS. The van der Waals surface area contributed by atoms with Gasteiger partial charge in [0.05, 0.1) is 24.3 Å². The Balaban J connectivity index is 1.67. The van der Waals surface area contributed by atoms with E-state index in [4.69, 9.17) is 5.26 Å². The summed E-state index contributed by atoms with van der Waals surface area (Å²) in [5.41, 5.74) is 1.28. The van der Waals surface area contributed by atoms with Crippen LogP contribution in [-0.2, 0) is 0 Å². The van der Waals surface area contributed by atoms with Crippen molar-refractivity contribution >= 4 is 28.3 Å². The van der Waals surface area contributed by atoms with E-state index in [2.05, 4.69) is 36.6 Å². The highest BCUT2D eigenvalue weighted by atomic mass is 32.1. The second-order valence-electron chi connectivity index (χ2n) is 6.86. The van der Waals surface area contributed by atoms with Gasteiger partial charge in [-0.05, 0) is 31.4 Å². The molecule has 1 amide bonds. The smallest absolute Gasteiger partial charge is 0.270 e. The van der Waals surface area contributed by atoms with Crippen LogP contribution in [0, 0.1) is 17.2 Å². The molecule has 0 saturated carbocycles. The zero-order valence-corrected chi connectivity index (χ0v) is 16.3. The Hall–Kier alpha value is -2.57. The van der Waals surface area contributed by atoms with E-state index in [0.717, 1.165) is 25.1 Å². The minimum Gasteiger partial charge on any atom is -0.350 e. The summed E-state index contributed by atoms with van der Waals surface area (Å²) < 4.78 is 0. The predicted molar refractivity (Wildman–Crippen MR) is 104 cm³/mol. The van der Waals surface area contributed by atoms with E-state index in [1.54, 1.807) is 11.6 Å². The summed E-state index contributed by atoms with van der Waals surface area (Å²) in [7, 11) is 0. The summed E-state index contributed by atoms with van der Waals surface area (Å²) in [6.07, 6.45) is 3.74. The number of nitriles is 1. The zero-order valence-electron chi connectivity index (χ0n) is 15.5. The molecular weight excluding hydrogens is 362 g/mol. The molecule has 0 radical (unpaired) electrons. The Morgan fingerprint density at radius 1 is 1.48 bits per heavy atom. The lowest BCUT2D eigenvalue weighted by Gasteiger charge is -2.21. The third-order valence-corrected chi connectivity index (χ3v) is 5.04. The van der Waals surface area contributed by atoms with Crippen LogP contribution in [0.5, 0.6) is 0 Å². The molecule has 1 aliphatic rings. The van der Waals surface area contributed by atoms with Gasteiger partial charge in [-0.25, -0.2) is 15.0 Å². The van der Waals surface area contributed by atoms with Gasteiger partial charge >= 0.3 is 0 Å². The zero-order chi connectivity index (χ0) is 19.2. The number of aromatic nitrogens is 3. The molecule has 0 aromatic carbocycles. The van der Waals surface area contributed by atoms with Crippen LogP contribution in [0.4, 0.5) is 11.1 Å². The van der Waals surface area contributed by atoms with Gasteiger partial charge in [-0.2, -0.15) is 5.26 Å². The number of carbonyl (C=O) groups excluding carboxylic acids is 1. The molecule has 1 fully saturated rings. The minimum absolute atomic E-state index is 0.141. The lowest BCUT2D eigenvalue weighted by atomic mass is 10.1. The van der Waals surface area contributed by atoms with E-state index >= 15 is 0 Å². The fourth-order valence-electron chi connectivity index (χ4n) is 2.98. The van der Waals surface area contributed by atoms with Crippen LogP contribution in [0.2, 0.25) is 0 Å². The van der Waals surface area contributed by atoms with E-state index < -0.39 is 0 Å². The summed E-state index contributed by atoms with van der Waals surface area (Å²) in [6, 6.07) is 4.24. The number of hydrogen-bond acceptors (Lipinski definition) is 8. The van der Waals surface area contributed by atoms with Gasteiger partial charge in [-0.15, -0.1) is 11.3 Å². The van der Waals surface area contributed by atoms with Gasteiger partial charge < -0.3 is 10.6 Å². The molecule has 1 aliphatic heterocycles. The molecule has 142 valence electrons. The van der Waals surface area contributed by atoms with Gasteiger partial charge in [-0.1, -0.05) is 13.8 Å². The van der Waals surface area contributed by atoms with Gasteiger partial charge in [0.1, 0.15) is 5.69 Å². The molecule has 8 nitrogen and oxygen atoms in total. The van der Waals surface area contributed by atoms with Crippen molar-refractivity contribution in [2.24, 2.45) is 5.92 Å². The maximum Gasteiger partial charge on any atom is 0.270 e. The minimum atomic E-state index is -0.180. The molecule has 0 aliphatic carbocycles. The summed E-state index contributed by atoms with van der Waals surface area (Å²) >= 11 is 1.34. The van der Waals surface area contributed by atoms with Gasteiger partial charge in [0.15, 0.2) is 5.13 Å². The lowest BCUT2D eigenvalue weighted by Crippen LogP contribution is -2.27. The van der Waals surface area contributed by atoms with Crippen molar-refractivity contribution in [3.05, 3.63) is 29.0 Å². The maximum absolute atomic E-state index is 12.1. The summed E-state index contributed by atoms with van der Waals surface area (Å²) in [6.45, 7) is 6.01. The topological polar surface area (TPSA) is 107 Å². The van der Waals surface area contributed by atoms with Gasteiger partial charge in [0.25, 0.3) is 5.91 Å². The number of likely N-dealkylation sites (tertiary alicyclic amines) is 1. The fourth-order valence-corrected chi connectivity index (χ4v) is 3.66. The first-order valence-electron chi connectivity index (χ1n) is 9.01. The molecule has 2 N–H and O–H groups in total. The lowest BCUT2D eigenvalue weighted by molar-refractivity contribution is 0.0945. The summed E-state index contributed by atoms with van der Waals surface area (Å²) in [5.74, 6) is 0.651. The quantitative estimate of drug-likeness (QED) is 0.706. The number of thiazole rings is 1. The van der Waals surface area contributed by atoms with Crippen LogP contribution in [0.25, 0.3) is 0 Å². The molecule has 0 unspecified atom stereocenters. The number of amides is 1. The van der Waals surface area contributed by atoms with Crippen LogP contribution < -0.4 is 10.6 Å². The number of nitrogens with zero attached hydrogens (tertiary/aromatic N) is 5. The molecule has 9 heteroatoms. The van der Waals surface area contributed by atoms with E-state index in [1.807, 2.05) is 19.9 Å². The summed E-state index contributed by atoms with van der Waals surface area (Å²) in [4.78, 5) is 27.4. The monoisotopic (exact) mass is 385 g/mol. The molecule has 2 aromatic rings. The molecule has 27 heavy (non-hydrogen) atoms. The first kappa shape index (κ1) is 19.2. The molecule has 3 heterocycles. The number of nitrogens with one attached hydrogen (secondary N) is 2. The van der Waals surface area contributed by atoms with Crippen LogP contribution in [-0.4, -0.2) is 45.4 Å². The first-order valence-corrected chi connectivity index (χ1v) is 9.89. The third kappa shape index (κ3) is 4.99. The van der Waals surface area contributed by atoms with Gasteiger partial charge in [0, 0.05) is 18.1 Å². The predicted octanol–water partition coefficient (Wildman–Crippen LogP) is 2.72. The third-order valence-electron chi connectivity index (χ3n) is 4.28. The Bertz CT molecular complexity index is 829. The number of hydrogen-bond donors (Lipinski definition) is 2. The largest absolute Gasteiger partial charge is 0.350 e. The molecule has 0 spiro atoms. The highest BCUT2D eigenvalue weighted by Crippen LogP contribution is 2.30. The standard InChI is InChI=1S/C18H23N7OS/c1-12(2)10-21-16(26)14-11-27-18(23-14)24-17-20-7-5-13(22-17)15-4-3-8-25(15)9-6-19/h5,7,11-12,15H,3-4,8-10H2,1-2H3,(H,21,26)(H,20,22,23,24)/t15-/m1/s1. The van der Waals surface area contributed by atoms with Crippen LogP contribution in [0.1, 0.15) is 48.9 Å². The average molecular weight is 385 g/mol. The van der Waals surface area contributed by atoms with E-state index in [9.17, 15) is 4.79 Å². The van der Waals surface area contributed by atoms with Crippen molar-refractivity contribution in [1.29, 1.82) is 5.26 Å². The second kappa shape index (κ2) is 8.88. The average Bonchev–Trinajstić information content (AvgIpc) is 3.30. The van der Waals surface area contributed by atoms with Crippen molar-refractivity contribution < 1.29 is 4.79 Å². The Kier molecular flexibility index (Phi) is 6.32. The van der Waals surface area contributed by atoms with Crippen molar-refractivity contribution in [1.82, 2.24) is 25.2 Å². The second-order valence-corrected chi connectivity index (χ2v) is 7.72. The maximum atomic E-state index is 12.1. The van der Waals surface area contributed by atoms with Gasteiger partial charge in [0.2, 0.25) is 5.95 Å². The SMILES string of the molecule is CC(C)CNC(=O)c1csc(Nc2nccc([C@H]3CCCN3CC#N)n2)n1. The Morgan fingerprint density at radius 2 is 2.33 bits per heavy atom. The molecule has 1 atom stereocenters. The van der Waals surface area contributed by atoms with Crippen LogP contribution in [0.3, 0.4) is 0 Å². The van der Waals surface area contributed by atoms with Crippen LogP contribution >= 0.6 is 11.3 Å². The Morgan fingerprint density at radius 3 is 3.11 bits per heavy atom. The molecule has 3 rings (SSSR count). The molecule has 1 saturated heterocycles. The number of rotatable bonds is 7. The fraction of sp³-hybridized carbons (Fsp3) is 0.500. The first-order chi connectivity index (χ1) is 13.1. The van der Waals surface area contributed by atoms with Gasteiger partial charge in [-0.3, -0.25) is 9.69 Å². The van der Waals surface area contributed by atoms with E-state index in [1.165, 1.54) is 11.3 Å². The van der Waals surface area contributed by atoms with Crippen molar-refractivity contribution in [3.63, 3.8) is 0 Å². The Labute approximate surface area is 162 Å². The summed E-state index contributed by atoms with van der Waals surface area (Å²) in [5, 5.41) is 17.2. The molecule has 0 bridgehead atoms. The van der Waals surface area contributed by atoms with Crippen molar-refractivity contribution in [3.8, 4) is 6.07 Å². The highest BCUT2D eigenvalue weighted by Gasteiger charge is 2.27.